The lowest BCUT2D eigenvalue weighted by atomic mass is 10.1. The fraction of sp³-hybridized carbons (Fsp3) is 0.0800. The number of thiophene rings is 1. The van der Waals surface area contributed by atoms with Gasteiger partial charge in [-0.05, 0) is 43.7 Å². The molecule has 0 radical (unpaired) electrons. The highest BCUT2D eigenvalue weighted by atomic mass is 32.2. The second-order valence-corrected chi connectivity index (χ2v) is 10.4. The Morgan fingerprint density at radius 3 is 2.22 bits per heavy atom. The lowest BCUT2D eigenvalue weighted by Gasteiger charge is -2.10. The number of ketones is 1. The molecule has 3 aromatic carbocycles. The Bertz CT molecular complexity index is 1390. The molecule has 0 aliphatic heterocycles. The average molecular weight is 463 g/mol. The number of nitrogen functional groups attached to an aromatic ring is 1. The summed E-state index contributed by atoms with van der Waals surface area (Å²) in [5.74, 6) is -0.314. The summed E-state index contributed by atoms with van der Waals surface area (Å²) < 4.78 is 27.2. The number of carbonyl (C=O) groups excluding carboxylic acids is 1. The first-order valence-corrected chi connectivity index (χ1v) is 12.2. The van der Waals surface area contributed by atoms with E-state index in [4.69, 9.17) is 5.73 Å². The number of carbonyl (C=O) groups is 1. The van der Waals surface area contributed by atoms with E-state index in [2.05, 4.69) is 5.32 Å². The van der Waals surface area contributed by atoms with Crippen molar-refractivity contribution >= 4 is 43.3 Å². The molecule has 0 saturated carbocycles. The summed E-state index contributed by atoms with van der Waals surface area (Å²) in [5, 5.41) is 3.49. The minimum atomic E-state index is -3.97. The van der Waals surface area contributed by atoms with Crippen LogP contribution in [0.2, 0.25) is 0 Å². The maximum Gasteiger partial charge on any atom is 0.211 e. The van der Waals surface area contributed by atoms with Crippen LogP contribution < -0.4 is 11.1 Å². The summed E-state index contributed by atoms with van der Waals surface area (Å²) in [5.41, 5.74) is 9.43. The first-order chi connectivity index (χ1) is 15.3. The van der Waals surface area contributed by atoms with Crippen LogP contribution in [0.3, 0.4) is 0 Å². The van der Waals surface area contributed by atoms with Gasteiger partial charge in [-0.3, -0.25) is 4.79 Å². The van der Waals surface area contributed by atoms with Gasteiger partial charge in [0.15, 0.2) is 0 Å². The van der Waals surface area contributed by atoms with Gasteiger partial charge in [0.05, 0.1) is 10.6 Å². The van der Waals surface area contributed by atoms with Crippen LogP contribution in [-0.4, -0.2) is 14.2 Å². The lowest BCUT2D eigenvalue weighted by molar-refractivity contribution is 0.104. The van der Waals surface area contributed by atoms with Crippen LogP contribution in [-0.2, 0) is 9.84 Å². The molecule has 0 saturated heterocycles. The summed E-state index contributed by atoms with van der Waals surface area (Å²) in [4.78, 5) is 13.4. The van der Waals surface area contributed by atoms with Crippen molar-refractivity contribution in [3.8, 4) is 0 Å². The van der Waals surface area contributed by atoms with Crippen LogP contribution in [0, 0.1) is 13.8 Å². The van der Waals surface area contributed by atoms with E-state index in [1.165, 1.54) is 0 Å². The van der Waals surface area contributed by atoms with Gasteiger partial charge in [0.25, 0.3) is 0 Å². The number of rotatable bonds is 6. The van der Waals surface area contributed by atoms with E-state index in [0.29, 0.717) is 16.3 Å². The Morgan fingerprint density at radius 1 is 0.875 bits per heavy atom. The second-order valence-electron chi connectivity index (χ2n) is 7.51. The largest absolute Gasteiger partial charge is 0.396 e. The van der Waals surface area contributed by atoms with Crippen LogP contribution in [0.4, 0.5) is 16.4 Å². The van der Waals surface area contributed by atoms with E-state index in [0.717, 1.165) is 22.5 Å². The molecular weight excluding hydrogens is 440 g/mol. The summed E-state index contributed by atoms with van der Waals surface area (Å²) in [6, 6.07) is 22.8. The molecule has 1 heterocycles. The zero-order valence-corrected chi connectivity index (χ0v) is 19.3. The fourth-order valence-electron chi connectivity index (χ4n) is 3.36. The Labute approximate surface area is 191 Å². The number of nitrogens with one attached hydrogen (secondary N) is 1. The molecule has 7 heteroatoms. The molecule has 0 unspecified atom stereocenters. The van der Waals surface area contributed by atoms with Crippen molar-refractivity contribution < 1.29 is 13.2 Å². The SMILES string of the molecule is Cc1ccc(S(=O)(=O)c2c(Nc3cccc(C)c3)sc(C(=O)c3ccccc3)c2N)cc1. The first-order valence-electron chi connectivity index (χ1n) is 9.95. The lowest BCUT2D eigenvalue weighted by Crippen LogP contribution is -2.08. The summed E-state index contributed by atoms with van der Waals surface area (Å²) >= 11 is 1.05. The van der Waals surface area contributed by atoms with Crippen molar-refractivity contribution in [2.75, 3.05) is 11.1 Å². The molecule has 1 aromatic heterocycles. The number of benzene rings is 3. The van der Waals surface area contributed by atoms with Crippen molar-refractivity contribution in [3.05, 3.63) is 100 Å². The number of anilines is 3. The molecule has 0 spiro atoms. The number of hydrogen-bond acceptors (Lipinski definition) is 6. The summed E-state index contributed by atoms with van der Waals surface area (Å²) in [6.45, 7) is 3.83. The Balaban J connectivity index is 1.89. The molecule has 3 N–H and O–H groups in total. The van der Waals surface area contributed by atoms with E-state index in [9.17, 15) is 13.2 Å². The zero-order chi connectivity index (χ0) is 22.9. The van der Waals surface area contributed by atoms with E-state index >= 15 is 0 Å². The monoisotopic (exact) mass is 462 g/mol. The van der Waals surface area contributed by atoms with Gasteiger partial charge in [-0.1, -0.05) is 60.2 Å². The van der Waals surface area contributed by atoms with Crippen molar-refractivity contribution in [1.82, 2.24) is 0 Å². The number of nitrogens with two attached hydrogens (primary N) is 1. The average Bonchev–Trinajstić information content (AvgIpc) is 3.10. The molecular formula is C25H22N2O3S2. The van der Waals surface area contributed by atoms with Gasteiger partial charge in [0.2, 0.25) is 15.6 Å². The highest BCUT2D eigenvalue weighted by Gasteiger charge is 2.31. The molecule has 5 nitrogen and oxygen atoms in total. The maximum absolute atomic E-state index is 13.6. The molecule has 0 atom stereocenters. The maximum atomic E-state index is 13.6. The van der Waals surface area contributed by atoms with Gasteiger partial charge in [-0.15, -0.1) is 11.3 Å². The van der Waals surface area contributed by atoms with Crippen molar-refractivity contribution in [1.29, 1.82) is 0 Å². The third-order valence-electron chi connectivity index (χ3n) is 5.02. The normalized spacial score (nSPS) is 11.3. The molecule has 0 fully saturated rings. The predicted octanol–water partition coefficient (Wildman–Crippen LogP) is 5.75. The predicted molar refractivity (Wildman–Crippen MR) is 130 cm³/mol. The van der Waals surface area contributed by atoms with Crippen LogP contribution in [0.1, 0.15) is 26.4 Å². The molecule has 0 amide bonds. The Hall–Kier alpha value is -3.42. The number of sulfone groups is 1. The summed E-state index contributed by atoms with van der Waals surface area (Å²) in [6.07, 6.45) is 0. The van der Waals surface area contributed by atoms with Crippen molar-refractivity contribution in [2.45, 2.75) is 23.6 Å². The minimum absolute atomic E-state index is 0.0421. The van der Waals surface area contributed by atoms with Crippen LogP contribution in [0.25, 0.3) is 0 Å². The molecule has 4 aromatic rings. The third-order valence-corrected chi connectivity index (χ3v) is 8.12. The van der Waals surface area contributed by atoms with E-state index in [1.54, 1.807) is 48.5 Å². The topological polar surface area (TPSA) is 89.3 Å². The van der Waals surface area contributed by atoms with Gasteiger partial charge in [-0.2, -0.15) is 0 Å². The van der Waals surface area contributed by atoms with Crippen LogP contribution in [0.15, 0.2) is 88.7 Å². The van der Waals surface area contributed by atoms with Crippen molar-refractivity contribution in [2.24, 2.45) is 0 Å². The van der Waals surface area contributed by atoms with Gasteiger partial charge in [-0.25, -0.2) is 8.42 Å². The highest BCUT2D eigenvalue weighted by molar-refractivity contribution is 7.92. The highest BCUT2D eigenvalue weighted by Crippen LogP contribution is 2.44. The number of aryl methyl sites for hydroxylation is 2. The van der Waals surface area contributed by atoms with Gasteiger partial charge >= 0.3 is 0 Å². The van der Waals surface area contributed by atoms with Crippen molar-refractivity contribution in [3.63, 3.8) is 0 Å². The van der Waals surface area contributed by atoms with Gasteiger partial charge in [0, 0.05) is 11.3 Å². The second kappa shape index (κ2) is 8.61. The third kappa shape index (κ3) is 4.17. The zero-order valence-electron chi connectivity index (χ0n) is 17.6. The van der Waals surface area contributed by atoms with Crippen LogP contribution in [0.5, 0.6) is 0 Å². The summed E-state index contributed by atoms with van der Waals surface area (Å²) in [7, 11) is -3.97. The molecule has 32 heavy (non-hydrogen) atoms. The number of hydrogen-bond donors (Lipinski definition) is 2. The Morgan fingerprint density at radius 2 is 1.56 bits per heavy atom. The smallest absolute Gasteiger partial charge is 0.211 e. The van der Waals surface area contributed by atoms with E-state index < -0.39 is 9.84 Å². The quantitative estimate of drug-likeness (QED) is 0.356. The molecule has 0 aliphatic rings. The van der Waals surface area contributed by atoms with E-state index in [1.807, 2.05) is 44.2 Å². The molecule has 4 rings (SSSR count). The Kier molecular flexibility index (Phi) is 5.86. The van der Waals surface area contributed by atoms with Gasteiger partial charge in [0.1, 0.15) is 14.8 Å². The standard InChI is InChI=1S/C25H22N2O3S2/c1-16-11-13-20(14-12-16)32(29,30)24-21(26)23(22(28)18-8-4-3-5-9-18)31-25(24)27-19-10-6-7-17(2)15-19/h3-15,27H,26H2,1-2H3. The molecule has 0 bridgehead atoms. The van der Waals surface area contributed by atoms with E-state index in [-0.39, 0.29) is 26.1 Å². The van der Waals surface area contributed by atoms with Gasteiger partial charge < -0.3 is 11.1 Å². The minimum Gasteiger partial charge on any atom is -0.396 e. The first kappa shape index (κ1) is 21.8. The molecule has 0 aliphatic carbocycles. The fourth-order valence-corrected chi connectivity index (χ4v) is 6.29. The van der Waals surface area contributed by atoms with Crippen LogP contribution >= 0.6 is 11.3 Å². The molecule has 162 valence electrons.